The van der Waals surface area contributed by atoms with E-state index in [9.17, 15) is 19.5 Å². The van der Waals surface area contributed by atoms with Gasteiger partial charge < -0.3 is 19.3 Å². The Balaban J connectivity index is 1.89. The Hall–Kier alpha value is -3.56. The molecular weight excluding hydrogens is 482 g/mol. The van der Waals surface area contributed by atoms with Crippen LogP contribution in [0.3, 0.4) is 0 Å². The Morgan fingerprint density at radius 3 is 2.47 bits per heavy atom. The largest absolute Gasteiger partial charge is 0.506 e. The molecule has 1 amide bonds. The normalized spacial score (nSPS) is 15.5. The molecule has 34 heavy (non-hydrogen) atoms. The Morgan fingerprint density at radius 1 is 1.12 bits per heavy atom. The summed E-state index contributed by atoms with van der Waals surface area (Å²) in [6, 6.07) is 13.1. The van der Waals surface area contributed by atoms with Crippen LogP contribution in [0.2, 0.25) is 5.02 Å². The van der Waals surface area contributed by atoms with Crippen LogP contribution in [0.25, 0.3) is 6.08 Å². The SMILES string of the molecule is CCOC(=O)C1=C(O)/C(=C/c2ccc(OCC(=O)OC)cc2)SC1=NC(=O)c1ccccc1Cl. The van der Waals surface area contributed by atoms with Gasteiger partial charge in [0.2, 0.25) is 0 Å². The number of amides is 1. The fourth-order valence-electron chi connectivity index (χ4n) is 2.79. The summed E-state index contributed by atoms with van der Waals surface area (Å²) in [5.74, 6) is -1.86. The minimum Gasteiger partial charge on any atom is -0.506 e. The number of aliphatic hydroxyl groups excluding tert-OH is 1. The van der Waals surface area contributed by atoms with Crippen LogP contribution in [0.15, 0.2) is 69.8 Å². The number of esters is 2. The van der Waals surface area contributed by atoms with Crippen LogP contribution in [0.5, 0.6) is 5.75 Å². The van der Waals surface area contributed by atoms with E-state index in [0.29, 0.717) is 16.2 Å². The average Bonchev–Trinajstić information content (AvgIpc) is 3.13. The van der Waals surface area contributed by atoms with Gasteiger partial charge in [-0.3, -0.25) is 4.79 Å². The molecule has 0 saturated carbocycles. The lowest BCUT2D eigenvalue weighted by Gasteiger charge is -2.05. The van der Waals surface area contributed by atoms with Crippen LogP contribution in [-0.4, -0.2) is 48.3 Å². The van der Waals surface area contributed by atoms with Crippen molar-refractivity contribution in [1.82, 2.24) is 0 Å². The molecule has 0 bridgehead atoms. The van der Waals surface area contributed by atoms with Crippen molar-refractivity contribution >= 4 is 52.3 Å². The minimum atomic E-state index is -0.798. The summed E-state index contributed by atoms with van der Waals surface area (Å²) >= 11 is 7.04. The molecule has 0 saturated heterocycles. The fourth-order valence-corrected chi connectivity index (χ4v) is 4.02. The summed E-state index contributed by atoms with van der Waals surface area (Å²) < 4.78 is 14.9. The molecule has 0 unspecified atom stereocenters. The topological polar surface area (TPSA) is 111 Å². The molecule has 0 spiro atoms. The number of carbonyl (C=O) groups excluding carboxylic acids is 3. The smallest absolute Gasteiger partial charge is 0.344 e. The number of halogens is 1. The molecule has 1 heterocycles. The number of methoxy groups -OCH3 is 1. The predicted octanol–water partition coefficient (Wildman–Crippen LogP) is 4.59. The first-order chi connectivity index (χ1) is 16.3. The third-order valence-electron chi connectivity index (χ3n) is 4.44. The standard InChI is InChI=1S/C24H20ClNO7S/c1-3-32-24(30)20-21(28)18(12-14-8-10-15(11-9-14)33-13-19(27)31-2)34-23(20)26-22(29)16-6-4-5-7-17(16)25/h4-12,28H,3,13H2,1-2H3/b18-12-,26-23?. The van der Waals surface area contributed by atoms with Crippen LogP contribution >= 0.6 is 23.4 Å². The monoisotopic (exact) mass is 501 g/mol. The van der Waals surface area contributed by atoms with E-state index >= 15 is 0 Å². The molecule has 0 fully saturated rings. The van der Waals surface area contributed by atoms with Crippen molar-refractivity contribution < 1.29 is 33.7 Å². The van der Waals surface area contributed by atoms with Crippen LogP contribution in [0, 0.1) is 0 Å². The van der Waals surface area contributed by atoms with Gasteiger partial charge in [-0.15, -0.1) is 0 Å². The van der Waals surface area contributed by atoms with E-state index in [1.807, 2.05) is 0 Å². The maximum Gasteiger partial charge on any atom is 0.344 e. The predicted molar refractivity (Wildman–Crippen MR) is 129 cm³/mol. The molecule has 10 heteroatoms. The Morgan fingerprint density at radius 2 is 1.82 bits per heavy atom. The van der Waals surface area contributed by atoms with Crippen molar-refractivity contribution in [3.63, 3.8) is 0 Å². The fraction of sp³-hybridized carbons (Fsp3) is 0.167. The number of hydrogen-bond acceptors (Lipinski definition) is 8. The summed E-state index contributed by atoms with van der Waals surface area (Å²) in [6.07, 6.45) is 1.62. The first kappa shape index (κ1) is 25.1. The molecule has 1 N–H and O–H groups in total. The molecule has 2 aromatic rings. The van der Waals surface area contributed by atoms with Crippen molar-refractivity contribution in [3.05, 3.63) is 80.9 Å². The summed E-state index contributed by atoms with van der Waals surface area (Å²) in [5, 5.41) is 11.0. The summed E-state index contributed by atoms with van der Waals surface area (Å²) in [6.45, 7) is 1.49. The van der Waals surface area contributed by atoms with Gasteiger partial charge in [0.15, 0.2) is 6.61 Å². The molecule has 3 rings (SSSR count). The third kappa shape index (κ3) is 6.06. The van der Waals surface area contributed by atoms with Crippen molar-refractivity contribution in [2.24, 2.45) is 4.99 Å². The zero-order chi connectivity index (χ0) is 24.7. The number of aliphatic imine (C=N–C) groups is 1. The van der Waals surface area contributed by atoms with E-state index in [1.54, 1.807) is 55.5 Å². The molecule has 1 aliphatic heterocycles. The van der Waals surface area contributed by atoms with Gasteiger partial charge >= 0.3 is 11.9 Å². The Labute approximate surface area is 204 Å². The molecule has 176 valence electrons. The molecule has 0 atom stereocenters. The van der Waals surface area contributed by atoms with E-state index in [4.69, 9.17) is 21.1 Å². The highest BCUT2D eigenvalue weighted by Crippen LogP contribution is 2.39. The molecule has 0 aromatic heterocycles. The highest BCUT2D eigenvalue weighted by atomic mass is 35.5. The number of ether oxygens (including phenoxy) is 3. The van der Waals surface area contributed by atoms with Gasteiger partial charge in [-0.05, 0) is 42.8 Å². The second-order valence-electron chi connectivity index (χ2n) is 6.69. The molecular formula is C24H20ClNO7S. The zero-order valence-corrected chi connectivity index (χ0v) is 19.8. The van der Waals surface area contributed by atoms with Gasteiger partial charge in [0.25, 0.3) is 5.91 Å². The van der Waals surface area contributed by atoms with Crippen molar-refractivity contribution in [2.45, 2.75) is 6.92 Å². The minimum absolute atomic E-state index is 0.00477. The lowest BCUT2D eigenvalue weighted by atomic mass is 10.1. The van der Waals surface area contributed by atoms with Gasteiger partial charge in [0.1, 0.15) is 22.1 Å². The first-order valence-corrected chi connectivity index (χ1v) is 11.2. The number of hydrogen-bond donors (Lipinski definition) is 1. The van der Waals surface area contributed by atoms with Gasteiger partial charge in [-0.25, -0.2) is 14.6 Å². The van der Waals surface area contributed by atoms with Crippen LogP contribution in [0.1, 0.15) is 22.8 Å². The van der Waals surface area contributed by atoms with Crippen LogP contribution in [0.4, 0.5) is 0 Å². The van der Waals surface area contributed by atoms with Gasteiger partial charge in [0.05, 0.1) is 29.2 Å². The van der Waals surface area contributed by atoms with E-state index in [-0.39, 0.29) is 40.2 Å². The highest BCUT2D eigenvalue weighted by molar-refractivity contribution is 8.18. The first-order valence-electron chi connectivity index (χ1n) is 10.0. The number of carbonyl (C=O) groups is 3. The molecule has 2 aromatic carbocycles. The summed E-state index contributed by atoms with van der Waals surface area (Å²) in [4.78, 5) is 40.7. The van der Waals surface area contributed by atoms with Crippen LogP contribution in [-0.2, 0) is 19.1 Å². The van der Waals surface area contributed by atoms with Crippen molar-refractivity contribution in [3.8, 4) is 5.75 Å². The van der Waals surface area contributed by atoms with Crippen LogP contribution < -0.4 is 4.74 Å². The number of benzene rings is 2. The van der Waals surface area contributed by atoms with Crippen molar-refractivity contribution in [2.75, 3.05) is 20.3 Å². The van der Waals surface area contributed by atoms with E-state index in [0.717, 1.165) is 11.8 Å². The molecule has 0 radical (unpaired) electrons. The van der Waals surface area contributed by atoms with Gasteiger partial charge in [-0.1, -0.05) is 47.6 Å². The quantitative estimate of drug-likeness (QED) is 0.548. The van der Waals surface area contributed by atoms with Crippen molar-refractivity contribution in [1.29, 1.82) is 0 Å². The lowest BCUT2D eigenvalue weighted by molar-refractivity contribution is -0.143. The number of thioether (sulfide) groups is 1. The number of aliphatic hydroxyl groups is 1. The third-order valence-corrected chi connectivity index (χ3v) is 5.79. The Bertz CT molecular complexity index is 1200. The maximum absolute atomic E-state index is 12.7. The molecule has 8 nitrogen and oxygen atoms in total. The average molecular weight is 502 g/mol. The Kier molecular flexibility index (Phi) is 8.50. The maximum atomic E-state index is 12.7. The highest BCUT2D eigenvalue weighted by Gasteiger charge is 2.34. The summed E-state index contributed by atoms with van der Waals surface area (Å²) in [7, 11) is 1.27. The van der Waals surface area contributed by atoms with E-state index in [1.165, 1.54) is 13.2 Å². The number of nitrogens with zero attached hydrogens (tertiary/aromatic N) is 1. The summed E-state index contributed by atoms with van der Waals surface area (Å²) in [5.41, 5.74) is 0.637. The lowest BCUT2D eigenvalue weighted by Crippen LogP contribution is -2.14. The van der Waals surface area contributed by atoms with Gasteiger partial charge in [-0.2, -0.15) is 0 Å². The second kappa shape index (κ2) is 11.5. The van der Waals surface area contributed by atoms with E-state index < -0.39 is 17.8 Å². The number of rotatable bonds is 7. The van der Waals surface area contributed by atoms with E-state index in [2.05, 4.69) is 9.73 Å². The molecule has 0 aliphatic carbocycles. The second-order valence-corrected chi connectivity index (χ2v) is 8.13. The zero-order valence-electron chi connectivity index (χ0n) is 18.2. The molecule has 1 aliphatic rings. The van der Waals surface area contributed by atoms with Gasteiger partial charge in [0, 0.05) is 0 Å².